The topological polar surface area (TPSA) is 110 Å². The van der Waals surface area contributed by atoms with Gasteiger partial charge in [0.15, 0.2) is 5.69 Å². The van der Waals surface area contributed by atoms with Crippen molar-refractivity contribution in [2.45, 2.75) is 32.7 Å². The Balaban J connectivity index is 2.34. The molecule has 0 bridgehead atoms. The summed E-state index contributed by atoms with van der Waals surface area (Å²) in [5.74, 6) is -0.301. The quantitative estimate of drug-likeness (QED) is 0.650. The first-order valence-corrected chi connectivity index (χ1v) is 9.74. The molecule has 0 aliphatic carbocycles. The summed E-state index contributed by atoms with van der Waals surface area (Å²) in [6, 6.07) is 3.64. The summed E-state index contributed by atoms with van der Waals surface area (Å²) in [5.41, 5.74) is 4.79. The van der Waals surface area contributed by atoms with Gasteiger partial charge in [0.25, 0.3) is 5.56 Å². The van der Waals surface area contributed by atoms with E-state index in [1.54, 1.807) is 6.07 Å². The van der Waals surface area contributed by atoms with Gasteiger partial charge in [-0.2, -0.15) is 0 Å². The number of aromatic amines is 1. The highest BCUT2D eigenvalue weighted by molar-refractivity contribution is 7.16. The lowest BCUT2D eigenvalue weighted by Crippen LogP contribution is -2.42. The van der Waals surface area contributed by atoms with Crippen LogP contribution in [0.5, 0.6) is 0 Å². The summed E-state index contributed by atoms with van der Waals surface area (Å²) in [6.07, 6.45) is 1.32. The smallest absolute Gasteiger partial charge is 0.330 e. The van der Waals surface area contributed by atoms with E-state index in [0.29, 0.717) is 23.7 Å². The van der Waals surface area contributed by atoms with Gasteiger partial charge in [-0.05, 0) is 25.0 Å². The number of aromatic nitrogens is 2. The maximum atomic E-state index is 12.8. The van der Waals surface area contributed by atoms with Crippen molar-refractivity contribution in [1.82, 2.24) is 9.55 Å². The van der Waals surface area contributed by atoms with Crippen molar-refractivity contribution in [3.8, 4) is 0 Å². The maximum absolute atomic E-state index is 12.8. The van der Waals surface area contributed by atoms with Gasteiger partial charge in [0.05, 0.1) is 10.9 Å². The Kier molecular flexibility index (Phi) is 7.64. The summed E-state index contributed by atoms with van der Waals surface area (Å²) in [4.78, 5) is 41.8. The van der Waals surface area contributed by atoms with Gasteiger partial charge in [-0.15, -0.1) is 11.3 Å². The number of halogens is 1. The molecule has 0 radical (unpaired) electrons. The second-order valence-corrected chi connectivity index (χ2v) is 7.69. The largest absolute Gasteiger partial charge is 0.383 e. The number of methoxy groups -OCH3 is 1. The number of nitrogens with one attached hydrogen (secondary N) is 1. The second-order valence-electron chi connectivity index (χ2n) is 5.89. The van der Waals surface area contributed by atoms with Crippen LogP contribution in [0.2, 0.25) is 4.34 Å². The van der Waals surface area contributed by atoms with Gasteiger partial charge < -0.3 is 15.4 Å². The monoisotopic (exact) mass is 414 g/mol. The fraction of sp³-hybridized carbons (Fsp3) is 0.471. The molecule has 10 heteroatoms. The van der Waals surface area contributed by atoms with E-state index in [-0.39, 0.29) is 37.0 Å². The van der Waals surface area contributed by atoms with Gasteiger partial charge >= 0.3 is 5.69 Å². The molecule has 0 aliphatic rings. The van der Waals surface area contributed by atoms with Gasteiger partial charge in [0.1, 0.15) is 5.82 Å². The number of nitrogens with zero attached hydrogens (tertiary/aromatic N) is 2. The summed E-state index contributed by atoms with van der Waals surface area (Å²) in [6.45, 7) is 2.60. The third-order valence-electron chi connectivity index (χ3n) is 3.97. The Morgan fingerprint density at radius 1 is 1.41 bits per heavy atom. The number of H-pyrrole nitrogens is 1. The molecule has 0 unspecified atom stereocenters. The number of nitrogens with two attached hydrogens (primary N) is 1. The van der Waals surface area contributed by atoms with Crippen LogP contribution in [-0.2, 0) is 22.5 Å². The zero-order valence-electron chi connectivity index (χ0n) is 15.3. The average molecular weight is 415 g/mol. The Morgan fingerprint density at radius 3 is 2.74 bits per heavy atom. The normalized spacial score (nSPS) is 10.9. The molecule has 148 valence electrons. The van der Waals surface area contributed by atoms with Crippen LogP contribution >= 0.6 is 22.9 Å². The Bertz CT molecular complexity index is 905. The highest BCUT2D eigenvalue weighted by atomic mass is 35.5. The van der Waals surface area contributed by atoms with Crippen LogP contribution in [-0.4, -0.2) is 35.7 Å². The molecule has 8 nitrogen and oxygen atoms in total. The molecule has 2 rings (SSSR count). The number of aryl methyl sites for hydroxylation is 1. The Morgan fingerprint density at radius 2 is 2.15 bits per heavy atom. The van der Waals surface area contributed by atoms with Crippen LogP contribution in [0, 0.1) is 0 Å². The predicted octanol–water partition coefficient (Wildman–Crippen LogP) is 1.86. The number of ether oxygens (including phenoxy) is 1. The Hall–Kier alpha value is -2.10. The molecule has 1 amide bonds. The molecule has 0 atom stereocenters. The molecular weight excluding hydrogens is 392 g/mol. The van der Waals surface area contributed by atoms with Gasteiger partial charge in [-0.1, -0.05) is 18.5 Å². The lowest BCUT2D eigenvalue weighted by atomic mass is 10.2. The summed E-state index contributed by atoms with van der Waals surface area (Å²) in [5, 5.41) is 0. The Labute approximate surface area is 165 Å². The van der Waals surface area contributed by atoms with Crippen LogP contribution in [0.4, 0.5) is 11.5 Å². The van der Waals surface area contributed by atoms with Crippen molar-refractivity contribution in [2.75, 3.05) is 30.9 Å². The minimum Gasteiger partial charge on any atom is -0.383 e. The molecule has 3 N–H and O–H groups in total. The number of anilines is 2. The lowest BCUT2D eigenvalue weighted by Gasteiger charge is -2.24. The standard InChI is InChI=1S/C17H23ClN4O4S/c1-3-8-22-15(19)14(16(24)20-17(22)25)21(9-10-26-2)13(23)7-5-11-4-6-12(18)27-11/h4,6H,3,5,7-10,19H2,1-2H3,(H,20,24,25). The molecule has 2 aromatic heterocycles. The van der Waals surface area contributed by atoms with Crippen molar-refractivity contribution < 1.29 is 9.53 Å². The molecule has 27 heavy (non-hydrogen) atoms. The van der Waals surface area contributed by atoms with Crippen LogP contribution in [0.25, 0.3) is 0 Å². The van der Waals surface area contributed by atoms with Crippen molar-refractivity contribution in [1.29, 1.82) is 0 Å². The van der Waals surface area contributed by atoms with Crippen molar-refractivity contribution >= 4 is 40.4 Å². The number of thiophene rings is 1. The molecule has 0 saturated heterocycles. The fourth-order valence-corrected chi connectivity index (χ4v) is 3.77. The molecule has 0 fully saturated rings. The van der Waals surface area contributed by atoms with Gasteiger partial charge in [0.2, 0.25) is 5.91 Å². The van der Waals surface area contributed by atoms with Gasteiger partial charge in [-0.25, -0.2) is 4.79 Å². The van der Waals surface area contributed by atoms with Crippen molar-refractivity contribution in [3.63, 3.8) is 0 Å². The van der Waals surface area contributed by atoms with Crippen molar-refractivity contribution in [2.24, 2.45) is 0 Å². The minimum atomic E-state index is -0.687. The van der Waals surface area contributed by atoms with E-state index in [2.05, 4.69) is 4.98 Å². The third-order valence-corrected chi connectivity index (χ3v) is 5.26. The fourth-order valence-electron chi connectivity index (χ4n) is 2.68. The van der Waals surface area contributed by atoms with Crippen LogP contribution in [0.15, 0.2) is 21.7 Å². The number of rotatable bonds is 9. The summed E-state index contributed by atoms with van der Waals surface area (Å²) >= 11 is 7.32. The highest BCUT2D eigenvalue weighted by Gasteiger charge is 2.24. The van der Waals surface area contributed by atoms with E-state index in [4.69, 9.17) is 22.1 Å². The molecule has 2 aromatic rings. The number of hydrogen-bond acceptors (Lipinski definition) is 6. The number of nitrogen functional groups attached to an aromatic ring is 1. The second kappa shape index (κ2) is 9.72. The maximum Gasteiger partial charge on any atom is 0.330 e. The van der Waals surface area contributed by atoms with Gasteiger partial charge in [0, 0.05) is 31.5 Å². The van der Waals surface area contributed by atoms with E-state index >= 15 is 0 Å². The first kappa shape index (κ1) is 21.2. The summed E-state index contributed by atoms with van der Waals surface area (Å²) in [7, 11) is 1.50. The molecular formula is C17H23ClN4O4S. The number of amides is 1. The molecule has 2 heterocycles. The first-order chi connectivity index (χ1) is 12.9. The third kappa shape index (κ3) is 5.21. The van der Waals surface area contributed by atoms with E-state index < -0.39 is 11.2 Å². The van der Waals surface area contributed by atoms with E-state index in [0.717, 1.165) is 4.88 Å². The van der Waals surface area contributed by atoms with E-state index in [1.165, 1.54) is 27.9 Å². The number of carbonyl (C=O) groups is 1. The summed E-state index contributed by atoms with van der Waals surface area (Å²) < 4.78 is 6.98. The van der Waals surface area contributed by atoms with Crippen LogP contribution < -0.4 is 21.9 Å². The minimum absolute atomic E-state index is 0.0192. The average Bonchev–Trinajstić information content (AvgIpc) is 3.04. The zero-order chi connectivity index (χ0) is 20.0. The molecule has 0 spiro atoms. The zero-order valence-corrected chi connectivity index (χ0v) is 16.9. The van der Waals surface area contributed by atoms with Crippen LogP contribution in [0.3, 0.4) is 0 Å². The van der Waals surface area contributed by atoms with E-state index in [9.17, 15) is 14.4 Å². The molecule has 0 saturated carbocycles. The number of carbonyl (C=O) groups excluding carboxylic acids is 1. The van der Waals surface area contributed by atoms with E-state index in [1.807, 2.05) is 13.0 Å². The lowest BCUT2D eigenvalue weighted by molar-refractivity contribution is -0.118. The first-order valence-electron chi connectivity index (χ1n) is 8.55. The predicted molar refractivity (Wildman–Crippen MR) is 108 cm³/mol. The molecule has 0 aromatic carbocycles. The van der Waals surface area contributed by atoms with Crippen LogP contribution in [0.1, 0.15) is 24.6 Å². The number of hydrogen-bond donors (Lipinski definition) is 2. The molecule has 0 aliphatic heterocycles. The SMILES string of the molecule is CCCn1c(N)c(N(CCOC)C(=O)CCc2ccc(Cl)s2)c(=O)[nH]c1=O. The van der Waals surface area contributed by atoms with Crippen molar-refractivity contribution in [3.05, 3.63) is 42.2 Å². The van der Waals surface area contributed by atoms with Gasteiger partial charge in [-0.3, -0.25) is 19.1 Å². The highest BCUT2D eigenvalue weighted by Crippen LogP contribution is 2.24.